The van der Waals surface area contributed by atoms with E-state index < -0.39 is 0 Å². The standard InChI is InChI=1S/C26H37ClN4OS2/c1-5-13-31-19-23(30-17-15-29(16-18-30)21-10-8-20(27)9-11-21)26(33-6-2,34-7-3)24-22(25(31)32)12-14-28(24)4/h8-12,14,23H,5-7,13,15-19H2,1-4H3. The van der Waals surface area contributed by atoms with E-state index in [0.29, 0.717) is 0 Å². The zero-order chi connectivity index (χ0) is 24.3. The van der Waals surface area contributed by atoms with Gasteiger partial charge >= 0.3 is 0 Å². The molecule has 2 aromatic rings. The zero-order valence-corrected chi connectivity index (χ0v) is 23.2. The Balaban J connectivity index is 1.70. The Hall–Kier alpha value is -1.28. The minimum atomic E-state index is -0.183. The molecule has 1 unspecified atom stereocenters. The Morgan fingerprint density at radius 1 is 1.00 bits per heavy atom. The SMILES string of the molecule is CCCN1CC(N2CCN(c3ccc(Cl)cc3)CC2)C(SCC)(SCC)c2c(ccn2C)C1=O. The van der Waals surface area contributed by atoms with Crippen LogP contribution in [-0.4, -0.2) is 77.1 Å². The average molecular weight is 521 g/mol. The summed E-state index contributed by atoms with van der Waals surface area (Å²) in [5, 5.41) is 0.776. The van der Waals surface area contributed by atoms with E-state index in [9.17, 15) is 4.79 Å². The fraction of sp³-hybridized carbons (Fsp3) is 0.577. The lowest BCUT2D eigenvalue weighted by Gasteiger charge is -2.48. The summed E-state index contributed by atoms with van der Waals surface area (Å²) in [6.45, 7) is 12.2. The van der Waals surface area contributed by atoms with Crippen molar-refractivity contribution in [1.82, 2.24) is 14.4 Å². The van der Waals surface area contributed by atoms with E-state index in [1.807, 2.05) is 41.7 Å². The van der Waals surface area contributed by atoms with Crippen LogP contribution in [0.2, 0.25) is 5.02 Å². The summed E-state index contributed by atoms with van der Waals surface area (Å²) in [4.78, 5) is 20.9. The molecule has 1 fully saturated rings. The van der Waals surface area contributed by atoms with Crippen LogP contribution in [0, 0.1) is 0 Å². The largest absolute Gasteiger partial charge is 0.369 e. The van der Waals surface area contributed by atoms with Crippen molar-refractivity contribution < 1.29 is 4.79 Å². The summed E-state index contributed by atoms with van der Waals surface area (Å²) < 4.78 is 2.03. The van der Waals surface area contributed by atoms with Crippen molar-refractivity contribution in [2.45, 2.75) is 37.3 Å². The molecule has 0 N–H and O–H groups in total. The summed E-state index contributed by atoms with van der Waals surface area (Å²) in [5.74, 6) is 2.22. The van der Waals surface area contributed by atoms with Crippen molar-refractivity contribution in [3.63, 3.8) is 0 Å². The number of aromatic nitrogens is 1. The number of piperazine rings is 1. The van der Waals surface area contributed by atoms with E-state index in [4.69, 9.17) is 11.6 Å². The van der Waals surface area contributed by atoms with Gasteiger partial charge in [-0.2, -0.15) is 0 Å². The molecule has 0 bridgehead atoms. The zero-order valence-electron chi connectivity index (χ0n) is 20.8. The van der Waals surface area contributed by atoms with Gasteiger partial charge in [0.2, 0.25) is 0 Å². The van der Waals surface area contributed by atoms with Crippen LogP contribution in [0.4, 0.5) is 5.69 Å². The van der Waals surface area contributed by atoms with Crippen LogP contribution < -0.4 is 4.90 Å². The molecule has 2 aliphatic rings. The van der Waals surface area contributed by atoms with E-state index in [1.165, 1.54) is 11.4 Å². The Kier molecular flexibility index (Phi) is 8.49. The number of carbonyl (C=O) groups excluding carboxylic acids is 1. The van der Waals surface area contributed by atoms with E-state index in [-0.39, 0.29) is 16.0 Å². The quantitative estimate of drug-likeness (QED) is 0.435. The number of hydrogen-bond donors (Lipinski definition) is 0. The number of amides is 1. The normalized spacial score (nSPS) is 21.0. The van der Waals surface area contributed by atoms with Gasteiger partial charge in [0.1, 0.15) is 4.08 Å². The number of nitrogens with zero attached hydrogens (tertiary/aromatic N) is 4. The number of anilines is 1. The van der Waals surface area contributed by atoms with Gasteiger partial charge in [0.15, 0.2) is 0 Å². The van der Waals surface area contributed by atoms with Crippen molar-refractivity contribution in [2.75, 3.05) is 55.7 Å². The lowest BCUT2D eigenvalue weighted by Crippen LogP contribution is -2.59. The minimum Gasteiger partial charge on any atom is -0.369 e. The lowest BCUT2D eigenvalue weighted by molar-refractivity contribution is 0.0683. The van der Waals surface area contributed by atoms with Gasteiger partial charge < -0.3 is 14.4 Å². The van der Waals surface area contributed by atoms with Gasteiger partial charge in [0, 0.05) is 63.2 Å². The van der Waals surface area contributed by atoms with Crippen LogP contribution in [-0.2, 0) is 11.1 Å². The van der Waals surface area contributed by atoms with Gasteiger partial charge in [-0.05, 0) is 48.3 Å². The molecule has 1 atom stereocenters. The van der Waals surface area contributed by atoms with Crippen LogP contribution in [0.25, 0.3) is 0 Å². The molecule has 1 saturated heterocycles. The van der Waals surface area contributed by atoms with Crippen molar-refractivity contribution in [1.29, 1.82) is 0 Å². The van der Waals surface area contributed by atoms with Crippen LogP contribution in [0.3, 0.4) is 0 Å². The summed E-state index contributed by atoms with van der Waals surface area (Å²) in [6.07, 6.45) is 3.05. The highest BCUT2D eigenvalue weighted by Crippen LogP contribution is 2.53. The Bertz CT molecular complexity index is 966. The highest BCUT2D eigenvalue weighted by molar-refractivity contribution is 8.17. The topological polar surface area (TPSA) is 31.7 Å². The van der Waals surface area contributed by atoms with Crippen molar-refractivity contribution in [2.24, 2.45) is 7.05 Å². The van der Waals surface area contributed by atoms with Crippen molar-refractivity contribution >= 4 is 46.7 Å². The molecule has 0 saturated carbocycles. The molecular weight excluding hydrogens is 484 g/mol. The second-order valence-corrected chi connectivity index (χ2v) is 12.7. The first-order valence-electron chi connectivity index (χ1n) is 12.4. The van der Waals surface area contributed by atoms with E-state index in [1.54, 1.807) is 0 Å². The third-order valence-electron chi connectivity index (χ3n) is 6.91. The molecule has 0 radical (unpaired) electrons. The average Bonchev–Trinajstić information content (AvgIpc) is 3.19. The van der Waals surface area contributed by atoms with Gasteiger partial charge in [-0.1, -0.05) is 32.4 Å². The number of carbonyl (C=O) groups is 1. The number of aryl methyl sites for hydroxylation is 1. The number of fused-ring (bicyclic) bond motifs is 1. The molecule has 34 heavy (non-hydrogen) atoms. The first-order valence-corrected chi connectivity index (χ1v) is 14.8. The second-order valence-electron chi connectivity index (χ2n) is 8.99. The lowest BCUT2D eigenvalue weighted by atomic mass is 10.0. The number of halogens is 1. The third kappa shape index (κ3) is 4.86. The molecule has 8 heteroatoms. The van der Waals surface area contributed by atoms with Gasteiger partial charge in [-0.3, -0.25) is 9.69 Å². The molecular formula is C26H37ClN4OS2. The molecule has 186 valence electrons. The van der Waals surface area contributed by atoms with E-state index in [2.05, 4.69) is 65.4 Å². The predicted octanol–water partition coefficient (Wildman–Crippen LogP) is 5.39. The van der Waals surface area contributed by atoms with Gasteiger partial charge in [0.05, 0.1) is 17.3 Å². The van der Waals surface area contributed by atoms with Crippen molar-refractivity contribution in [3.8, 4) is 0 Å². The summed E-state index contributed by atoms with van der Waals surface area (Å²) in [5.41, 5.74) is 3.31. The van der Waals surface area contributed by atoms with E-state index >= 15 is 0 Å². The summed E-state index contributed by atoms with van der Waals surface area (Å²) in [6, 6.07) is 10.5. The molecule has 5 nitrogen and oxygen atoms in total. The highest BCUT2D eigenvalue weighted by Gasteiger charge is 2.51. The minimum absolute atomic E-state index is 0.183. The summed E-state index contributed by atoms with van der Waals surface area (Å²) >= 11 is 10.1. The smallest absolute Gasteiger partial charge is 0.255 e. The fourth-order valence-corrected chi connectivity index (χ4v) is 9.08. The second kappa shape index (κ2) is 11.2. The highest BCUT2D eigenvalue weighted by atomic mass is 35.5. The molecule has 4 rings (SSSR count). The first-order chi connectivity index (χ1) is 16.4. The Morgan fingerprint density at radius 3 is 2.24 bits per heavy atom. The van der Waals surface area contributed by atoms with Crippen LogP contribution in [0.15, 0.2) is 36.5 Å². The van der Waals surface area contributed by atoms with Gasteiger partial charge in [-0.15, -0.1) is 23.5 Å². The molecule has 1 amide bonds. The molecule has 0 aliphatic carbocycles. The first kappa shape index (κ1) is 25.8. The van der Waals surface area contributed by atoms with Gasteiger partial charge in [0.25, 0.3) is 5.91 Å². The molecule has 1 aromatic carbocycles. The summed E-state index contributed by atoms with van der Waals surface area (Å²) in [7, 11) is 2.11. The molecule has 0 spiro atoms. The van der Waals surface area contributed by atoms with Crippen molar-refractivity contribution in [3.05, 3.63) is 52.8 Å². The predicted molar refractivity (Wildman–Crippen MR) is 149 cm³/mol. The maximum atomic E-state index is 13.7. The monoisotopic (exact) mass is 520 g/mol. The van der Waals surface area contributed by atoms with Crippen LogP contribution >= 0.6 is 35.1 Å². The number of thioether (sulfide) groups is 2. The molecule has 2 aliphatic heterocycles. The van der Waals surface area contributed by atoms with E-state index in [0.717, 1.165) is 67.8 Å². The maximum Gasteiger partial charge on any atom is 0.255 e. The van der Waals surface area contributed by atoms with Gasteiger partial charge in [-0.25, -0.2) is 0 Å². The fourth-order valence-electron chi connectivity index (χ4n) is 5.44. The van der Waals surface area contributed by atoms with Crippen LogP contribution in [0.1, 0.15) is 43.2 Å². The molecule has 1 aromatic heterocycles. The Morgan fingerprint density at radius 2 is 1.65 bits per heavy atom. The number of benzene rings is 1. The number of hydrogen-bond acceptors (Lipinski definition) is 5. The third-order valence-corrected chi connectivity index (χ3v) is 10.2. The maximum absolute atomic E-state index is 13.7. The van der Waals surface area contributed by atoms with Crippen LogP contribution in [0.5, 0.6) is 0 Å². The Labute approximate surface area is 218 Å². The number of rotatable bonds is 8. The molecule has 3 heterocycles.